The molecule has 1 saturated heterocycles. The first kappa shape index (κ1) is 28.6. The van der Waals surface area contributed by atoms with E-state index in [1.54, 1.807) is 11.8 Å². The molecule has 40 heavy (non-hydrogen) atoms. The average molecular weight is 556 g/mol. The van der Waals surface area contributed by atoms with Crippen molar-refractivity contribution in [2.45, 2.75) is 61.4 Å². The van der Waals surface area contributed by atoms with Crippen LogP contribution >= 0.6 is 11.8 Å². The van der Waals surface area contributed by atoms with Gasteiger partial charge >= 0.3 is 0 Å². The van der Waals surface area contributed by atoms with Gasteiger partial charge in [-0.3, -0.25) is 0 Å². The van der Waals surface area contributed by atoms with Gasteiger partial charge in [0.25, 0.3) is 0 Å². The lowest BCUT2D eigenvalue weighted by Crippen LogP contribution is -2.63. The number of aryl methyl sites for hydroxylation is 1. The summed E-state index contributed by atoms with van der Waals surface area (Å²) in [5.74, 6) is 0. The molecule has 5 rings (SSSR count). The minimum atomic E-state index is -0.811. The van der Waals surface area contributed by atoms with Crippen LogP contribution in [-0.2, 0) is 34.0 Å². The molecule has 0 aliphatic carbocycles. The molecule has 1 heterocycles. The summed E-state index contributed by atoms with van der Waals surface area (Å²) in [5.41, 5.74) is 4.14. The summed E-state index contributed by atoms with van der Waals surface area (Å²) in [5, 5.41) is 15.4. The minimum absolute atomic E-state index is 0.307. The largest absolute Gasteiger partial charge is 0.389 e. The Morgan fingerprint density at radius 1 is 0.750 bits per heavy atom. The summed E-state index contributed by atoms with van der Waals surface area (Å²) in [7, 11) is 0. The molecule has 1 aliphatic heterocycles. The first-order valence-corrected chi connectivity index (χ1v) is 14.6. The van der Waals surface area contributed by atoms with E-state index in [2.05, 4.69) is 48.6 Å². The van der Waals surface area contributed by atoms with Crippen LogP contribution in [0.3, 0.4) is 0 Å². The van der Waals surface area contributed by atoms with E-state index in [0.717, 1.165) is 21.6 Å². The summed E-state index contributed by atoms with van der Waals surface area (Å²) in [6, 6.07) is 38.3. The van der Waals surface area contributed by atoms with Gasteiger partial charge in [-0.2, -0.15) is 0 Å². The highest BCUT2D eigenvalue weighted by Gasteiger charge is 2.46. The summed E-state index contributed by atoms with van der Waals surface area (Å²) in [4.78, 5) is 1.09. The van der Waals surface area contributed by atoms with Gasteiger partial charge in [-0.15, -0.1) is 0 Å². The maximum Gasteiger partial charge on any atom is 0.126 e. The van der Waals surface area contributed by atoms with Crippen LogP contribution in [0, 0.1) is 6.92 Å². The Hall–Kier alpha value is -2.97. The standard InChI is InChI=1S/C34H37NO4S/c1-25-17-19-29(20-18-25)40-34-31(35-21-26-11-5-2-6-12-26)32(36)33(38-23-28-15-9-4-10-16-28)30(39-34)24-37-22-27-13-7-3-8-14-27/h2-20,30-36H,21-24H2,1H3/t30-,31-,32-,33-,34+/m1/s1. The van der Waals surface area contributed by atoms with Crippen molar-refractivity contribution in [2.75, 3.05) is 6.61 Å². The van der Waals surface area contributed by atoms with Crippen molar-refractivity contribution in [1.29, 1.82) is 0 Å². The normalized spacial score (nSPS) is 22.7. The predicted octanol–water partition coefficient (Wildman–Crippen LogP) is 6.13. The number of ether oxygens (including phenoxy) is 3. The van der Waals surface area contributed by atoms with E-state index >= 15 is 0 Å². The fourth-order valence-corrected chi connectivity index (χ4v) is 5.96. The van der Waals surface area contributed by atoms with Gasteiger partial charge in [0.05, 0.1) is 25.9 Å². The maximum absolute atomic E-state index is 11.8. The van der Waals surface area contributed by atoms with Crippen molar-refractivity contribution in [3.05, 3.63) is 138 Å². The van der Waals surface area contributed by atoms with Crippen molar-refractivity contribution >= 4 is 11.8 Å². The van der Waals surface area contributed by atoms with E-state index in [4.69, 9.17) is 14.2 Å². The summed E-state index contributed by atoms with van der Waals surface area (Å²) in [6.45, 7) is 3.84. The van der Waals surface area contributed by atoms with Crippen LogP contribution in [0.5, 0.6) is 0 Å². The Bertz CT molecular complexity index is 1270. The third-order valence-corrected chi connectivity index (χ3v) is 8.19. The van der Waals surface area contributed by atoms with E-state index in [9.17, 15) is 5.11 Å². The Morgan fingerprint density at radius 2 is 1.32 bits per heavy atom. The van der Waals surface area contributed by atoms with E-state index in [0.29, 0.717) is 26.4 Å². The third-order valence-electron chi connectivity index (χ3n) is 7.01. The molecule has 0 amide bonds. The number of hydrogen-bond acceptors (Lipinski definition) is 6. The molecule has 0 radical (unpaired) electrons. The van der Waals surface area contributed by atoms with Gasteiger partial charge in [0.15, 0.2) is 0 Å². The monoisotopic (exact) mass is 555 g/mol. The fraction of sp³-hybridized carbons (Fsp3) is 0.294. The molecule has 208 valence electrons. The molecule has 1 aliphatic rings. The first-order valence-electron chi connectivity index (χ1n) is 13.8. The molecule has 0 bridgehead atoms. The Labute approximate surface area is 241 Å². The van der Waals surface area contributed by atoms with Gasteiger partial charge in [0, 0.05) is 11.4 Å². The van der Waals surface area contributed by atoms with Gasteiger partial charge in [0.1, 0.15) is 23.7 Å². The number of aliphatic hydroxyl groups excluding tert-OH is 1. The number of aliphatic hydroxyl groups is 1. The molecule has 6 heteroatoms. The lowest BCUT2D eigenvalue weighted by atomic mass is 9.97. The molecule has 0 aromatic heterocycles. The van der Waals surface area contributed by atoms with Gasteiger partial charge in [-0.05, 0) is 35.7 Å². The summed E-state index contributed by atoms with van der Waals surface area (Å²) < 4.78 is 19.2. The van der Waals surface area contributed by atoms with Crippen LogP contribution in [-0.4, -0.2) is 41.5 Å². The fourth-order valence-electron chi connectivity index (χ4n) is 4.79. The van der Waals surface area contributed by atoms with Crippen LogP contribution in [0.4, 0.5) is 0 Å². The SMILES string of the molecule is Cc1ccc(S[C@@H]2O[C@H](COCc3ccccc3)[C@@H](OCc3ccccc3)[C@H](O)[C@H]2NCc2ccccc2)cc1. The van der Waals surface area contributed by atoms with E-state index in [1.807, 2.05) is 78.9 Å². The second-order valence-electron chi connectivity index (χ2n) is 10.1. The molecular weight excluding hydrogens is 518 g/mol. The zero-order chi connectivity index (χ0) is 27.6. The summed E-state index contributed by atoms with van der Waals surface area (Å²) in [6.07, 6.45) is -1.83. The quantitative estimate of drug-likeness (QED) is 0.219. The smallest absolute Gasteiger partial charge is 0.126 e. The summed E-state index contributed by atoms with van der Waals surface area (Å²) >= 11 is 1.61. The Kier molecular flexibility index (Phi) is 10.4. The maximum atomic E-state index is 11.8. The van der Waals surface area contributed by atoms with E-state index in [-0.39, 0.29) is 11.5 Å². The topological polar surface area (TPSA) is 60.0 Å². The number of rotatable bonds is 12. The zero-order valence-electron chi connectivity index (χ0n) is 22.8. The first-order chi connectivity index (χ1) is 19.7. The Morgan fingerprint density at radius 3 is 1.95 bits per heavy atom. The number of hydrogen-bond donors (Lipinski definition) is 2. The van der Waals surface area contributed by atoms with Crippen molar-refractivity contribution in [1.82, 2.24) is 5.32 Å². The van der Waals surface area contributed by atoms with Gasteiger partial charge in [-0.1, -0.05) is 120 Å². The molecule has 4 aromatic carbocycles. The third kappa shape index (κ3) is 8.04. The number of benzene rings is 4. The van der Waals surface area contributed by atoms with Crippen LogP contribution in [0.1, 0.15) is 22.3 Å². The average Bonchev–Trinajstić information content (AvgIpc) is 2.99. The van der Waals surface area contributed by atoms with Crippen LogP contribution < -0.4 is 5.32 Å². The van der Waals surface area contributed by atoms with Crippen LogP contribution in [0.25, 0.3) is 0 Å². The van der Waals surface area contributed by atoms with Crippen LogP contribution in [0.2, 0.25) is 0 Å². The second-order valence-corrected chi connectivity index (χ2v) is 11.3. The molecule has 5 atom stereocenters. The second kappa shape index (κ2) is 14.6. The van der Waals surface area contributed by atoms with E-state index < -0.39 is 18.3 Å². The van der Waals surface area contributed by atoms with Crippen molar-refractivity contribution in [3.63, 3.8) is 0 Å². The van der Waals surface area contributed by atoms with Crippen molar-refractivity contribution < 1.29 is 19.3 Å². The zero-order valence-corrected chi connectivity index (χ0v) is 23.6. The molecule has 1 fully saturated rings. The highest BCUT2D eigenvalue weighted by molar-refractivity contribution is 7.99. The highest BCUT2D eigenvalue weighted by Crippen LogP contribution is 2.35. The molecule has 0 unspecified atom stereocenters. The molecule has 2 N–H and O–H groups in total. The molecular formula is C34H37NO4S. The van der Waals surface area contributed by atoms with Crippen molar-refractivity contribution in [3.8, 4) is 0 Å². The van der Waals surface area contributed by atoms with Gasteiger partial charge < -0.3 is 24.6 Å². The lowest BCUT2D eigenvalue weighted by Gasteiger charge is -2.44. The van der Waals surface area contributed by atoms with Gasteiger partial charge in [0.2, 0.25) is 0 Å². The Balaban J connectivity index is 1.35. The van der Waals surface area contributed by atoms with E-state index in [1.165, 1.54) is 5.56 Å². The predicted molar refractivity (Wildman–Crippen MR) is 160 cm³/mol. The van der Waals surface area contributed by atoms with Crippen LogP contribution in [0.15, 0.2) is 120 Å². The molecule has 4 aromatic rings. The highest BCUT2D eigenvalue weighted by atomic mass is 32.2. The number of thioether (sulfide) groups is 1. The molecule has 0 saturated carbocycles. The molecule has 0 spiro atoms. The molecule has 5 nitrogen and oxygen atoms in total. The van der Waals surface area contributed by atoms with Gasteiger partial charge in [-0.25, -0.2) is 0 Å². The lowest BCUT2D eigenvalue weighted by molar-refractivity contribution is -0.200. The minimum Gasteiger partial charge on any atom is -0.389 e. The van der Waals surface area contributed by atoms with Crippen molar-refractivity contribution in [2.24, 2.45) is 0 Å². The number of nitrogens with one attached hydrogen (secondary N) is 1.